The van der Waals surface area contributed by atoms with Crippen LogP contribution >= 0.6 is 11.3 Å². The highest BCUT2D eigenvalue weighted by Gasteiger charge is 2.25. The van der Waals surface area contributed by atoms with Crippen molar-refractivity contribution in [1.82, 2.24) is 10.4 Å². The van der Waals surface area contributed by atoms with E-state index in [1.54, 1.807) is 11.3 Å². The van der Waals surface area contributed by atoms with E-state index in [0.29, 0.717) is 12.5 Å². The number of aromatic nitrogens is 1. The predicted octanol–water partition coefficient (Wildman–Crippen LogP) is 2.20. The molecule has 0 aliphatic heterocycles. The minimum atomic E-state index is 0.106. The van der Waals surface area contributed by atoms with Gasteiger partial charge in [-0.2, -0.15) is 0 Å². The second-order valence-electron chi connectivity index (χ2n) is 4.89. The molecule has 5 heteroatoms. The number of rotatable bonds is 7. The monoisotopic (exact) mass is 271 g/mol. The van der Waals surface area contributed by atoms with E-state index in [-0.39, 0.29) is 12.1 Å². The highest BCUT2D eigenvalue weighted by atomic mass is 32.1. The average molecular weight is 271 g/mol. The molecule has 0 amide bonds. The van der Waals surface area contributed by atoms with E-state index >= 15 is 0 Å². The lowest BCUT2D eigenvalue weighted by Gasteiger charge is -2.29. The molecule has 3 N–H and O–H groups in total. The second-order valence-corrected chi connectivity index (χ2v) is 6.18. The van der Waals surface area contributed by atoms with Crippen molar-refractivity contribution >= 4 is 11.3 Å². The molecule has 1 aromatic heterocycles. The van der Waals surface area contributed by atoms with Crippen LogP contribution in [0.25, 0.3) is 0 Å². The quantitative estimate of drug-likeness (QED) is 0.589. The van der Waals surface area contributed by atoms with E-state index < -0.39 is 0 Å². The van der Waals surface area contributed by atoms with Crippen molar-refractivity contribution in [3.63, 3.8) is 0 Å². The molecule has 1 heterocycles. The minimum Gasteiger partial charge on any atom is -0.377 e. The fourth-order valence-electron chi connectivity index (χ4n) is 2.05. The normalized spacial score (nSPS) is 15.1. The van der Waals surface area contributed by atoms with Crippen LogP contribution in [0, 0.1) is 19.8 Å². The maximum atomic E-state index is 5.80. The molecular formula is C13H25N3OS. The highest BCUT2D eigenvalue weighted by molar-refractivity contribution is 7.11. The van der Waals surface area contributed by atoms with Crippen LogP contribution in [0.2, 0.25) is 0 Å². The van der Waals surface area contributed by atoms with Crippen molar-refractivity contribution in [2.75, 3.05) is 6.61 Å². The first kappa shape index (κ1) is 15.6. The fourth-order valence-corrected chi connectivity index (χ4v) is 3.04. The van der Waals surface area contributed by atoms with Crippen molar-refractivity contribution in [3.8, 4) is 0 Å². The standard InChI is InChI=1S/C13H25N3OS/c1-6-17-13(8(2)3)11(16-14)7-12-15-9(4)10(5)18-12/h8,11,13,16H,6-7,14H2,1-5H3. The Morgan fingerprint density at radius 3 is 2.44 bits per heavy atom. The molecule has 18 heavy (non-hydrogen) atoms. The van der Waals surface area contributed by atoms with Gasteiger partial charge in [0.1, 0.15) is 0 Å². The van der Waals surface area contributed by atoms with Crippen molar-refractivity contribution in [2.24, 2.45) is 11.8 Å². The SMILES string of the molecule is CCOC(C(C)C)C(Cc1nc(C)c(C)s1)NN. The van der Waals surface area contributed by atoms with Gasteiger partial charge in [-0.25, -0.2) is 4.98 Å². The first-order valence-corrected chi connectivity index (χ1v) is 7.31. The van der Waals surface area contributed by atoms with Crippen LogP contribution in [0.1, 0.15) is 36.3 Å². The predicted molar refractivity (Wildman–Crippen MR) is 76.7 cm³/mol. The molecule has 1 aromatic rings. The van der Waals surface area contributed by atoms with E-state index in [9.17, 15) is 0 Å². The Morgan fingerprint density at radius 2 is 2.06 bits per heavy atom. The number of hydrogen-bond acceptors (Lipinski definition) is 5. The summed E-state index contributed by atoms with van der Waals surface area (Å²) < 4.78 is 5.80. The van der Waals surface area contributed by atoms with Gasteiger partial charge in [0.05, 0.1) is 22.8 Å². The third kappa shape index (κ3) is 4.02. The zero-order valence-electron chi connectivity index (χ0n) is 12.0. The summed E-state index contributed by atoms with van der Waals surface area (Å²) in [6.45, 7) is 11.2. The summed E-state index contributed by atoms with van der Waals surface area (Å²) in [5.41, 5.74) is 4.00. The molecule has 2 atom stereocenters. The molecule has 0 saturated carbocycles. The Morgan fingerprint density at radius 1 is 1.39 bits per heavy atom. The Hall–Kier alpha value is -0.490. The van der Waals surface area contributed by atoms with E-state index in [1.165, 1.54) is 4.88 Å². The van der Waals surface area contributed by atoms with Gasteiger partial charge in [-0.05, 0) is 26.7 Å². The third-order valence-corrected chi connectivity index (χ3v) is 4.19. The molecule has 2 unspecified atom stereocenters. The molecule has 4 nitrogen and oxygen atoms in total. The summed E-state index contributed by atoms with van der Waals surface area (Å²) in [7, 11) is 0. The third-order valence-electron chi connectivity index (χ3n) is 3.09. The first-order valence-electron chi connectivity index (χ1n) is 6.50. The first-order chi connectivity index (χ1) is 8.49. The molecule has 0 radical (unpaired) electrons. The second kappa shape index (κ2) is 7.19. The topological polar surface area (TPSA) is 60.2 Å². The van der Waals surface area contributed by atoms with Gasteiger partial charge in [0.15, 0.2) is 0 Å². The lowest BCUT2D eigenvalue weighted by molar-refractivity contribution is 0.00354. The average Bonchev–Trinajstić information content (AvgIpc) is 2.62. The molecule has 0 aliphatic rings. The van der Waals surface area contributed by atoms with Gasteiger partial charge < -0.3 is 4.74 Å². The largest absolute Gasteiger partial charge is 0.377 e. The fraction of sp³-hybridized carbons (Fsp3) is 0.769. The van der Waals surface area contributed by atoms with Gasteiger partial charge >= 0.3 is 0 Å². The zero-order valence-corrected chi connectivity index (χ0v) is 12.8. The minimum absolute atomic E-state index is 0.106. The summed E-state index contributed by atoms with van der Waals surface area (Å²) in [5.74, 6) is 6.11. The number of nitrogens with zero attached hydrogens (tertiary/aromatic N) is 1. The van der Waals surface area contributed by atoms with Gasteiger partial charge in [-0.3, -0.25) is 11.3 Å². The number of hydrazine groups is 1. The van der Waals surface area contributed by atoms with Gasteiger partial charge in [0.25, 0.3) is 0 Å². The zero-order chi connectivity index (χ0) is 13.7. The summed E-state index contributed by atoms with van der Waals surface area (Å²) in [6, 6.07) is 0.106. The van der Waals surface area contributed by atoms with Gasteiger partial charge in [0, 0.05) is 17.9 Å². The molecule has 0 saturated heterocycles. The molecule has 0 bridgehead atoms. The van der Waals surface area contributed by atoms with Crippen LogP contribution < -0.4 is 11.3 Å². The summed E-state index contributed by atoms with van der Waals surface area (Å²) >= 11 is 1.74. The number of nitrogens with one attached hydrogen (secondary N) is 1. The lowest BCUT2D eigenvalue weighted by atomic mass is 9.97. The van der Waals surface area contributed by atoms with E-state index in [2.05, 4.69) is 31.2 Å². The van der Waals surface area contributed by atoms with Gasteiger partial charge in [-0.15, -0.1) is 11.3 Å². The van der Waals surface area contributed by atoms with Crippen molar-refractivity contribution < 1.29 is 4.74 Å². The molecular weight excluding hydrogens is 246 g/mol. The number of ether oxygens (including phenoxy) is 1. The van der Waals surface area contributed by atoms with Crippen LogP contribution in [-0.2, 0) is 11.2 Å². The van der Waals surface area contributed by atoms with Crippen LogP contribution in [0.5, 0.6) is 0 Å². The number of aryl methyl sites for hydroxylation is 2. The van der Waals surface area contributed by atoms with Crippen LogP contribution in [0.4, 0.5) is 0 Å². The van der Waals surface area contributed by atoms with E-state index in [1.807, 2.05) is 13.8 Å². The Balaban J connectivity index is 2.75. The molecule has 104 valence electrons. The summed E-state index contributed by atoms with van der Waals surface area (Å²) in [5, 5.41) is 1.12. The molecule has 0 fully saturated rings. The van der Waals surface area contributed by atoms with Crippen LogP contribution in [0.3, 0.4) is 0 Å². The number of hydrogen-bond donors (Lipinski definition) is 2. The smallest absolute Gasteiger partial charge is 0.0947 e. The van der Waals surface area contributed by atoms with Crippen LogP contribution in [-0.4, -0.2) is 23.7 Å². The number of thiazole rings is 1. The lowest BCUT2D eigenvalue weighted by Crippen LogP contribution is -2.48. The molecule has 0 spiro atoms. The maximum absolute atomic E-state index is 5.80. The Labute approximate surface area is 114 Å². The van der Waals surface area contributed by atoms with E-state index in [4.69, 9.17) is 10.6 Å². The van der Waals surface area contributed by atoms with Gasteiger partial charge in [0.2, 0.25) is 0 Å². The number of nitrogens with two attached hydrogens (primary N) is 1. The molecule has 0 aliphatic carbocycles. The van der Waals surface area contributed by atoms with Crippen molar-refractivity contribution in [1.29, 1.82) is 0 Å². The summed E-state index contributed by atoms with van der Waals surface area (Å²) in [6.07, 6.45) is 0.933. The van der Waals surface area contributed by atoms with Crippen molar-refractivity contribution in [3.05, 3.63) is 15.6 Å². The molecule has 0 aromatic carbocycles. The van der Waals surface area contributed by atoms with Crippen molar-refractivity contribution in [2.45, 2.75) is 53.2 Å². The Bertz CT molecular complexity index is 346. The summed E-state index contributed by atoms with van der Waals surface area (Å²) in [4.78, 5) is 5.84. The highest BCUT2D eigenvalue weighted by Crippen LogP contribution is 2.21. The van der Waals surface area contributed by atoms with E-state index in [0.717, 1.165) is 17.1 Å². The Kier molecular flexibility index (Phi) is 6.21. The van der Waals surface area contributed by atoms with Gasteiger partial charge in [-0.1, -0.05) is 13.8 Å². The molecule has 1 rings (SSSR count). The van der Waals surface area contributed by atoms with Crippen LogP contribution in [0.15, 0.2) is 0 Å². The maximum Gasteiger partial charge on any atom is 0.0947 e.